The number of sulfonamides is 1. The van der Waals surface area contributed by atoms with Gasteiger partial charge in [0, 0.05) is 11.1 Å². The zero-order valence-electron chi connectivity index (χ0n) is 9.34. The zero-order valence-corrected chi connectivity index (χ0v) is 11.0. The molecule has 0 aliphatic carbocycles. The number of aromatic nitrogens is 3. The van der Waals surface area contributed by atoms with Gasteiger partial charge in [0.2, 0.25) is 0 Å². The van der Waals surface area contributed by atoms with Gasteiger partial charge in [0.05, 0.1) is 12.2 Å². The second-order valence-electron chi connectivity index (χ2n) is 3.57. The molecule has 1 unspecified atom stereocenters. The molecule has 2 N–H and O–H groups in total. The van der Waals surface area contributed by atoms with Gasteiger partial charge in [-0.05, 0) is 19.9 Å². The summed E-state index contributed by atoms with van der Waals surface area (Å²) in [6.07, 6.45) is 3.12. The molecule has 8 heteroatoms. The molecule has 2 rings (SSSR count). The molecule has 0 bridgehead atoms. The van der Waals surface area contributed by atoms with Gasteiger partial charge < -0.3 is 0 Å². The summed E-state index contributed by atoms with van der Waals surface area (Å²) in [5.41, 5.74) is 0. The van der Waals surface area contributed by atoms with Crippen molar-refractivity contribution in [3.63, 3.8) is 0 Å². The van der Waals surface area contributed by atoms with Crippen LogP contribution in [-0.2, 0) is 10.0 Å². The largest absolute Gasteiger partial charge is 0.266 e. The Morgan fingerprint density at radius 3 is 2.82 bits per heavy atom. The van der Waals surface area contributed by atoms with Gasteiger partial charge in [0.25, 0.3) is 10.0 Å². The van der Waals surface area contributed by atoms with Crippen molar-refractivity contribution in [3.05, 3.63) is 28.3 Å². The van der Waals surface area contributed by atoms with Crippen molar-refractivity contribution in [2.24, 2.45) is 0 Å². The van der Waals surface area contributed by atoms with Crippen LogP contribution in [0, 0.1) is 6.92 Å². The highest BCUT2D eigenvalue weighted by Gasteiger charge is 2.20. The first-order valence-electron chi connectivity index (χ1n) is 4.93. The lowest BCUT2D eigenvalue weighted by Gasteiger charge is -2.10. The van der Waals surface area contributed by atoms with E-state index in [0.29, 0.717) is 0 Å². The number of nitrogens with one attached hydrogen (secondary N) is 2. The van der Waals surface area contributed by atoms with Crippen LogP contribution in [-0.4, -0.2) is 23.6 Å². The second-order valence-corrected chi connectivity index (χ2v) is 6.52. The van der Waals surface area contributed by atoms with E-state index in [2.05, 4.69) is 19.9 Å². The van der Waals surface area contributed by atoms with E-state index in [1.54, 1.807) is 13.1 Å². The highest BCUT2D eigenvalue weighted by atomic mass is 32.2. The van der Waals surface area contributed by atoms with Gasteiger partial charge in [0.1, 0.15) is 5.01 Å². The summed E-state index contributed by atoms with van der Waals surface area (Å²) in [4.78, 5) is 5.20. The number of aromatic amines is 1. The van der Waals surface area contributed by atoms with E-state index in [9.17, 15) is 8.42 Å². The molecule has 0 aromatic carbocycles. The van der Waals surface area contributed by atoms with E-state index < -0.39 is 10.0 Å². The second kappa shape index (κ2) is 4.55. The Bertz CT molecular complexity index is 588. The first kappa shape index (κ1) is 12.2. The summed E-state index contributed by atoms with van der Waals surface area (Å²) >= 11 is 1.47. The lowest BCUT2D eigenvalue weighted by Crippen LogP contribution is -2.27. The van der Waals surface area contributed by atoms with E-state index in [1.165, 1.54) is 23.6 Å². The molecule has 2 aromatic rings. The van der Waals surface area contributed by atoms with E-state index in [-0.39, 0.29) is 11.1 Å². The Kier molecular flexibility index (Phi) is 3.27. The Morgan fingerprint density at radius 1 is 1.53 bits per heavy atom. The van der Waals surface area contributed by atoms with Crippen LogP contribution in [0.25, 0.3) is 0 Å². The third-order valence-corrected chi connectivity index (χ3v) is 4.67. The quantitative estimate of drug-likeness (QED) is 0.875. The number of rotatable bonds is 4. The molecule has 0 spiro atoms. The van der Waals surface area contributed by atoms with Crippen molar-refractivity contribution in [2.45, 2.75) is 24.9 Å². The van der Waals surface area contributed by atoms with Crippen molar-refractivity contribution in [1.29, 1.82) is 0 Å². The minimum absolute atomic E-state index is 0.0534. The summed E-state index contributed by atoms with van der Waals surface area (Å²) < 4.78 is 26.3. The maximum Gasteiger partial charge on any atom is 0.258 e. The molecular weight excluding hydrogens is 260 g/mol. The molecule has 0 fully saturated rings. The molecule has 0 amide bonds. The summed E-state index contributed by atoms with van der Waals surface area (Å²) in [6.45, 7) is 3.68. The van der Waals surface area contributed by atoms with Crippen LogP contribution in [0.3, 0.4) is 0 Å². The van der Waals surface area contributed by atoms with Gasteiger partial charge in [-0.3, -0.25) is 5.10 Å². The van der Waals surface area contributed by atoms with Crippen molar-refractivity contribution >= 4 is 21.4 Å². The third-order valence-electron chi connectivity index (χ3n) is 2.11. The highest BCUT2D eigenvalue weighted by molar-refractivity contribution is 7.89. The van der Waals surface area contributed by atoms with E-state index in [4.69, 9.17) is 0 Å². The van der Waals surface area contributed by atoms with Crippen molar-refractivity contribution in [2.75, 3.05) is 0 Å². The first-order valence-corrected chi connectivity index (χ1v) is 7.23. The van der Waals surface area contributed by atoms with Crippen molar-refractivity contribution in [1.82, 2.24) is 19.9 Å². The smallest absolute Gasteiger partial charge is 0.258 e. The summed E-state index contributed by atoms with van der Waals surface area (Å²) in [7, 11) is -3.56. The number of hydrogen-bond acceptors (Lipinski definition) is 5. The zero-order chi connectivity index (χ0) is 12.5. The van der Waals surface area contributed by atoms with Crippen molar-refractivity contribution < 1.29 is 8.42 Å². The van der Waals surface area contributed by atoms with Crippen LogP contribution in [0.1, 0.15) is 22.9 Å². The maximum atomic E-state index is 11.9. The van der Waals surface area contributed by atoms with E-state index >= 15 is 0 Å². The van der Waals surface area contributed by atoms with Crippen LogP contribution < -0.4 is 4.72 Å². The lowest BCUT2D eigenvalue weighted by atomic mass is 10.4. The minimum Gasteiger partial charge on any atom is -0.266 e. The van der Waals surface area contributed by atoms with Crippen LogP contribution in [0.4, 0.5) is 0 Å². The van der Waals surface area contributed by atoms with Crippen molar-refractivity contribution in [3.8, 4) is 0 Å². The molecule has 0 aliphatic rings. The SMILES string of the molecule is Cc1cnc(C(C)NS(=O)(=O)c2ccn[nH]2)s1. The Balaban J connectivity index is 2.17. The van der Waals surface area contributed by atoms with E-state index in [1.807, 2.05) is 6.92 Å². The molecular formula is C9H12N4O2S2. The highest BCUT2D eigenvalue weighted by Crippen LogP contribution is 2.20. The van der Waals surface area contributed by atoms with Gasteiger partial charge in [-0.2, -0.15) is 5.10 Å². The fraction of sp³-hybridized carbons (Fsp3) is 0.333. The van der Waals surface area contributed by atoms with Gasteiger partial charge in [-0.1, -0.05) is 0 Å². The fourth-order valence-corrected chi connectivity index (χ4v) is 3.28. The van der Waals surface area contributed by atoms with Gasteiger partial charge in [-0.15, -0.1) is 11.3 Å². The summed E-state index contributed by atoms with van der Waals surface area (Å²) in [5.74, 6) is 0. The fourth-order valence-electron chi connectivity index (χ4n) is 1.31. The Morgan fingerprint density at radius 2 is 2.29 bits per heavy atom. The molecule has 2 heterocycles. The molecule has 0 aliphatic heterocycles. The predicted octanol–water partition coefficient (Wildman–Crippen LogP) is 1.21. The summed E-state index contributed by atoms with van der Waals surface area (Å²) in [6, 6.07) is 1.05. The van der Waals surface area contributed by atoms with Crippen LogP contribution >= 0.6 is 11.3 Å². The van der Waals surface area contributed by atoms with Crippen LogP contribution in [0.5, 0.6) is 0 Å². The molecule has 1 atom stereocenters. The van der Waals surface area contributed by atoms with Crippen LogP contribution in [0.2, 0.25) is 0 Å². The standard InChI is InChI=1S/C9H12N4O2S2/c1-6-5-10-9(16-6)7(2)13-17(14,15)8-3-4-11-12-8/h3-5,7,13H,1-2H3,(H,11,12). The Hall–Kier alpha value is -1.25. The molecule has 0 saturated heterocycles. The number of nitrogens with zero attached hydrogens (tertiary/aromatic N) is 2. The summed E-state index contributed by atoms with van der Waals surface area (Å²) in [5, 5.41) is 6.83. The van der Waals surface area contributed by atoms with Gasteiger partial charge >= 0.3 is 0 Å². The maximum absolute atomic E-state index is 11.9. The lowest BCUT2D eigenvalue weighted by molar-refractivity contribution is 0.562. The normalized spacial score (nSPS) is 13.8. The van der Waals surface area contributed by atoms with Gasteiger partial charge in [0.15, 0.2) is 5.03 Å². The van der Waals surface area contributed by atoms with Gasteiger partial charge in [-0.25, -0.2) is 18.1 Å². The molecule has 2 aromatic heterocycles. The van der Waals surface area contributed by atoms with E-state index in [0.717, 1.165) is 9.88 Å². The number of thiazole rings is 1. The van der Waals surface area contributed by atoms with Crippen LogP contribution in [0.15, 0.2) is 23.5 Å². The minimum atomic E-state index is -3.56. The monoisotopic (exact) mass is 272 g/mol. The molecule has 0 saturated carbocycles. The molecule has 17 heavy (non-hydrogen) atoms. The molecule has 6 nitrogen and oxygen atoms in total. The Labute approximate surface area is 103 Å². The number of H-pyrrole nitrogens is 1. The predicted molar refractivity (Wildman–Crippen MR) is 64.2 cm³/mol. The number of hydrogen-bond donors (Lipinski definition) is 2. The average Bonchev–Trinajstić information content (AvgIpc) is 2.86. The molecule has 0 radical (unpaired) electrons. The number of aryl methyl sites for hydroxylation is 1. The average molecular weight is 272 g/mol. The molecule has 92 valence electrons. The topological polar surface area (TPSA) is 87.7 Å². The first-order chi connectivity index (χ1) is 7.99. The third kappa shape index (κ3) is 2.71.